The van der Waals surface area contributed by atoms with Crippen LogP contribution in [0.2, 0.25) is 0 Å². The summed E-state index contributed by atoms with van der Waals surface area (Å²) < 4.78 is 0. The first kappa shape index (κ1) is 17.2. The van der Waals surface area contributed by atoms with E-state index in [1.54, 1.807) is 31.2 Å². The highest BCUT2D eigenvalue weighted by Crippen LogP contribution is 2.19. The van der Waals surface area contributed by atoms with Gasteiger partial charge in [-0.05, 0) is 31.0 Å². The molecule has 0 bridgehead atoms. The normalized spacial score (nSPS) is 14.9. The van der Waals surface area contributed by atoms with Crippen molar-refractivity contribution in [1.29, 1.82) is 0 Å². The molecule has 1 rings (SSSR count). The Morgan fingerprint density at radius 2 is 2.05 bits per heavy atom. The smallest absolute Gasteiger partial charge is 0.251 e. The Morgan fingerprint density at radius 3 is 2.62 bits per heavy atom. The Morgan fingerprint density at radius 1 is 1.38 bits per heavy atom. The molecule has 0 aliphatic rings. The van der Waals surface area contributed by atoms with Crippen LogP contribution in [-0.2, 0) is 4.79 Å². The second kappa shape index (κ2) is 7.22. The molecule has 0 aliphatic heterocycles. The van der Waals surface area contributed by atoms with E-state index >= 15 is 0 Å². The first-order valence-corrected chi connectivity index (χ1v) is 7.14. The van der Waals surface area contributed by atoms with Gasteiger partial charge in [-0.1, -0.05) is 26.3 Å². The van der Waals surface area contributed by atoms with Crippen molar-refractivity contribution in [3.8, 4) is 0 Å². The van der Waals surface area contributed by atoms with E-state index in [4.69, 9.17) is 0 Å². The molecule has 0 aromatic heterocycles. The lowest BCUT2D eigenvalue weighted by Crippen LogP contribution is -2.45. The van der Waals surface area contributed by atoms with E-state index in [0.717, 1.165) is 6.42 Å². The molecule has 5 nitrogen and oxygen atoms in total. The maximum Gasteiger partial charge on any atom is 0.251 e. The Hall–Kier alpha value is -1.88. The van der Waals surface area contributed by atoms with E-state index in [-0.39, 0.29) is 24.3 Å². The van der Waals surface area contributed by atoms with Gasteiger partial charge in [0.15, 0.2) is 0 Å². The van der Waals surface area contributed by atoms with E-state index < -0.39 is 5.60 Å². The summed E-state index contributed by atoms with van der Waals surface area (Å²) >= 11 is 0. The minimum absolute atomic E-state index is 0.0866. The number of hydrogen-bond acceptors (Lipinski definition) is 3. The van der Waals surface area contributed by atoms with Gasteiger partial charge in [0, 0.05) is 24.7 Å². The van der Waals surface area contributed by atoms with E-state index in [1.165, 1.54) is 6.92 Å². The fourth-order valence-corrected chi connectivity index (χ4v) is 1.92. The molecule has 116 valence electrons. The zero-order valence-corrected chi connectivity index (χ0v) is 13.1. The average molecular weight is 292 g/mol. The van der Waals surface area contributed by atoms with E-state index in [9.17, 15) is 14.7 Å². The molecule has 21 heavy (non-hydrogen) atoms. The van der Waals surface area contributed by atoms with Gasteiger partial charge >= 0.3 is 0 Å². The number of anilines is 1. The summed E-state index contributed by atoms with van der Waals surface area (Å²) in [6.07, 6.45) is 0.834. The molecule has 2 unspecified atom stereocenters. The lowest BCUT2D eigenvalue weighted by Gasteiger charge is -2.29. The number of hydrogen-bond donors (Lipinski definition) is 3. The van der Waals surface area contributed by atoms with E-state index in [1.807, 2.05) is 13.8 Å². The molecule has 5 heteroatoms. The van der Waals surface area contributed by atoms with Gasteiger partial charge in [0.2, 0.25) is 5.91 Å². The van der Waals surface area contributed by atoms with Crippen LogP contribution in [0.25, 0.3) is 0 Å². The topological polar surface area (TPSA) is 78.4 Å². The zero-order chi connectivity index (χ0) is 16.0. The number of nitrogens with one attached hydrogen (secondary N) is 2. The van der Waals surface area contributed by atoms with Crippen LogP contribution in [0.3, 0.4) is 0 Å². The number of aliphatic hydroxyl groups is 1. The van der Waals surface area contributed by atoms with Crippen LogP contribution in [-0.4, -0.2) is 29.1 Å². The molecule has 0 aliphatic carbocycles. The molecule has 0 spiro atoms. The number of benzene rings is 1. The number of amides is 2. The van der Waals surface area contributed by atoms with Gasteiger partial charge in [-0.3, -0.25) is 9.59 Å². The standard InChI is InChI=1S/C16H24N2O3/c1-5-11(2)16(4,21)10-17-15(20)13-7-6-8-14(9-13)18-12(3)19/h6-9,11,21H,5,10H2,1-4H3,(H,17,20)(H,18,19). The van der Waals surface area contributed by atoms with Crippen molar-refractivity contribution < 1.29 is 14.7 Å². The zero-order valence-electron chi connectivity index (χ0n) is 13.1. The highest BCUT2D eigenvalue weighted by atomic mass is 16.3. The summed E-state index contributed by atoms with van der Waals surface area (Å²) in [6.45, 7) is 7.26. The molecular weight excluding hydrogens is 268 g/mol. The van der Waals surface area contributed by atoms with Gasteiger partial charge in [0.25, 0.3) is 5.91 Å². The van der Waals surface area contributed by atoms with Gasteiger partial charge in [0.1, 0.15) is 0 Å². The number of carbonyl (C=O) groups excluding carboxylic acids is 2. The Kier molecular flexibility index (Phi) is 5.90. The minimum atomic E-state index is -0.945. The monoisotopic (exact) mass is 292 g/mol. The molecule has 2 atom stereocenters. The summed E-state index contributed by atoms with van der Waals surface area (Å²) in [5.41, 5.74) is 0.0738. The predicted octanol–water partition coefficient (Wildman–Crippen LogP) is 2.17. The predicted molar refractivity (Wildman–Crippen MR) is 83.2 cm³/mol. The summed E-state index contributed by atoms with van der Waals surface area (Å²) in [4.78, 5) is 23.1. The first-order chi connectivity index (χ1) is 9.76. The van der Waals surface area contributed by atoms with Crippen LogP contribution >= 0.6 is 0 Å². The third kappa shape index (κ3) is 5.19. The quantitative estimate of drug-likeness (QED) is 0.752. The maximum atomic E-state index is 12.1. The van der Waals surface area contributed by atoms with Crippen molar-refractivity contribution in [3.63, 3.8) is 0 Å². The average Bonchev–Trinajstić information content (AvgIpc) is 2.43. The van der Waals surface area contributed by atoms with Crippen LogP contribution in [0.4, 0.5) is 5.69 Å². The summed E-state index contributed by atoms with van der Waals surface area (Å²) in [7, 11) is 0. The van der Waals surface area contributed by atoms with Crippen LogP contribution in [0, 0.1) is 5.92 Å². The number of carbonyl (C=O) groups is 2. The first-order valence-electron chi connectivity index (χ1n) is 7.14. The molecule has 0 fully saturated rings. The largest absolute Gasteiger partial charge is 0.388 e. The lowest BCUT2D eigenvalue weighted by molar-refractivity contribution is -0.114. The highest BCUT2D eigenvalue weighted by molar-refractivity contribution is 5.96. The Bertz CT molecular complexity index is 512. The Labute approximate surface area is 125 Å². The second-order valence-electron chi connectivity index (χ2n) is 5.61. The molecule has 1 aromatic rings. The van der Waals surface area contributed by atoms with Gasteiger partial charge in [-0.25, -0.2) is 0 Å². The fraction of sp³-hybridized carbons (Fsp3) is 0.500. The highest BCUT2D eigenvalue weighted by Gasteiger charge is 2.27. The summed E-state index contributed by atoms with van der Waals surface area (Å²) in [5, 5.41) is 15.6. The van der Waals surface area contributed by atoms with Crippen LogP contribution in [0.1, 0.15) is 44.5 Å². The van der Waals surface area contributed by atoms with Gasteiger partial charge in [-0.15, -0.1) is 0 Å². The molecule has 1 aromatic carbocycles. The van der Waals surface area contributed by atoms with Crippen molar-refractivity contribution in [2.75, 3.05) is 11.9 Å². The van der Waals surface area contributed by atoms with E-state index in [2.05, 4.69) is 10.6 Å². The lowest BCUT2D eigenvalue weighted by atomic mass is 9.88. The molecule has 0 saturated carbocycles. The third-order valence-electron chi connectivity index (χ3n) is 3.73. The van der Waals surface area contributed by atoms with E-state index in [0.29, 0.717) is 11.3 Å². The van der Waals surface area contributed by atoms with Crippen LogP contribution in [0.5, 0.6) is 0 Å². The van der Waals surface area contributed by atoms with Crippen molar-refractivity contribution in [3.05, 3.63) is 29.8 Å². The van der Waals surface area contributed by atoms with Gasteiger partial charge in [-0.2, -0.15) is 0 Å². The summed E-state index contributed by atoms with van der Waals surface area (Å²) in [6, 6.07) is 6.69. The molecule has 0 radical (unpaired) electrons. The van der Waals surface area contributed by atoms with Crippen molar-refractivity contribution in [1.82, 2.24) is 5.32 Å². The maximum absolute atomic E-state index is 12.1. The number of rotatable bonds is 6. The minimum Gasteiger partial charge on any atom is -0.388 e. The van der Waals surface area contributed by atoms with Crippen LogP contribution < -0.4 is 10.6 Å². The van der Waals surface area contributed by atoms with Crippen molar-refractivity contribution >= 4 is 17.5 Å². The second-order valence-corrected chi connectivity index (χ2v) is 5.61. The molecule has 0 heterocycles. The molecule has 2 amide bonds. The molecule has 3 N–H and O–H groups in total. The third-order valence-corrected chi connectivity index (χ3v) is 3.73. The van der Waals surface area contributed by atoms with Crippen LogP contribution in [0.15, 0.2) is 24.3 Å². The molecule has 0 saturated heterocycles. The fourth-order valence-electron chi connectivity index (χ4n) is 1.92. The SMILES string of the molecule is CCC(C)C(C)(O)CNC(=O)c1cccc(NC(C)=O)c1. The van der Waals surface area contributed by atoms with Gasteiger partial charge < -0.3 is 15.7 Å². The Balaban J connectivity index is 2.70. The molecular formula is C16H24N2O3. The van der Waals surface area contributed by atoms with Crippen molar-refractivity contribution in [2.24, 2.45) is 5.92 Å². The van der Waals surface area contributed by atoms with Gasteiger partial charge in [0.05, 0.1) is 5.60 Å². The van der Waals surface area contributed by atoms with Crippen molar-refractivity contribution in [2.45, 2.75) is 39.7 Å². The summed E-state index contributed by atoms with van der Waals surface area (Å²) in [5.74, 6) is -0.374.